The number of hydrogen-bond donors (Lipinski definition) is 2. The van der Waals surface area contributed by atoms with Gasteiger partial charge >= 0.3 is 5.97 Å². The molecular weight excluding hydrogens is 286 g/mol. The van der Waals surface area contributed by atoms with Crippen molar-refractivity contribution < 1.29 is 14.7 Å². The SMILES string of the molecule is Cc1ccc(-c2csc(NC(=O)C(C)C)c2C(=O)O)cc1. The van der Waals surface area contributed by atoms with E-state index in [0.717, 1.165) is 11.1 Å². The number of amides is 1. The minimum absolute atomic E-state index is 0.151. The number of benzene rings is 1. The second-order valence-electron chi connectivity index (χ2n) is 5.17. The van der Waals surface area contributed by atoms with Crippen molar-refractivity contribution in [1.82, 2.24) is 0 Å². The first-order valence-corrected chi connectivity index (χ1v) is 7.50. The highest BCUT2D eigenvalue weighted by Gasteiger charge is 2.21. The molecule has 0 atom stereocenters. The van der Waals surface area contributed by atoms with E-state index in [1.54, 1.807) is 19.2 Å². The molecule has 21 heavy (non-hydrogen) atoms. The van der Waals surface area contributed by atoms with Crippen molar-refractivity contribution in [1.29, 1.82) is 0 Å². The van der Waals surface area contributed by atoms with Gasteiger partial charge in [-0.25, -0.2) is 4.79 Å². The molecule has 0 unspecified atom stereocenters. The van der Waals surface area contributed by atoms with Crippen LogP contribution in [0, 0.1) is 12.8 Å². The predicted octanol–water partition coefficient (Wildman–Crippen LogP) is 4.02. The molecule has 0 spiro atoms. The molecule has 0 saturated heterocycles. The molecule has 0 fully saturated rings. The fourth-order valence-electron chi connectivity index (χ4n) is 1.86. The zero-order valence-electron chi connectivity index (χ0n) is 12.1. The molecule has 1 amide bonds. The van der Waals surface area contributed by atoms with Crippen LogP contribution in [0.2, 0.25) is 0 Å². The molecule has 1 heterocycles. The molecule has 110 valence electrons. The molecule has 0 saturated carbocycles. The smallest absolute Gasteiger partial charge is 0.339 e. The predicted molar refractivity (Wildman–Crippen MR) is 84.9 cm³/mol. The topological polar surface area (TPSA) is 66.4 Å². The molecule has 0 aliphatic carbocycles. The summed E-state index contributed by atoms with van der Waals surface area (Å²) in [6.07, 6.45) is 0. The number of carbonyl (C=O) groups excluding carboxylic acids is 1. The number of carboxylic acid groups (broad SMARTS) is 1. The summed E-state index contributed by atoms with van der Waals surface area (Å²) in [4.78, 5) is 23.3. The summed E-state index contributed by atoms with van der Waals surface area (Å²) in [7, 11) is 0. The minimum Gasteiger partial charge on any atom is -0.478 e. The molecule has 2 aromatic rings. The molecule has 4 nitrogen and oxygen atoms in total. The third-order valence-electron chi connectivity index (χ3n) is 3.13. The van der Waals surface area contributed by atoms with Crippen LogP contribution in [0.1, 0.15) is 29.8 Å². The lowest BCUT2D eigenvalue weighted by molar-refractivity contribution is -0.118. The number of aryl methyl sites for hydroxylation is 1. The van der Waals surface area contributed by atoms with Gasteiger partial charge in [0, 0.05) is 16.9 Å². The van der Waals surface area contributed by atoms with E-state index in [2.05, 4.69) is 5.32 Å². The van der Waals surface area contributed by atoms with E-state index in [-0.39, 0.29) is 17.4 Å². The third kappa shape index (κ3) is 3.31. The van der Waals surface area contributed by atoms with Crippen molar-refractivity contribution in [3.05, 3.63) is 40.8 Å². The summed E-state index contributed by atoms with van der Waals surface area (Å²) >= 11 is 1.24. The van der Waals surface area contributed by atoms with Crippen molar-refractivity contribution in [2.24, 2.45) is 5.92 Å². The summed E-state index contributed by atoms with van der Waals surface area (Å²) in [6.45, 7) is 5.51. The highest BCUT2D eigenvalue weighted by atomic mass is 32.1. The van der Waals surface area contributed by atoms with Crippen molar-refractivity contribution in [2.75, 3.05) is 5.32 Å². The van der Waals surface area contributed by atoms with Crippen molar-refractivity contribution in [2.45, 2.75) is 20.8 Å². The van der Waals surface area contributed by atoms with Gasteiger partial charge in [0.05, 0.1) is 0 Å². The molecule has 2 N–H and O–H groups in total. The van der Waals surface area contributed by atoms with E-state index in [4.69, 9.17) is 0 Å². The first-order chi connectivity index (χ1) is 9.90. The van der Waals surface area contributed by atoms with E-state index < -0.39 is 5.97 Å². The van der Waals surface area contributed by atoms with E-state index >= 15 is 0 Å². The van der Waals surface area contributed by atoms with Crippen LogP contribution in [0.5, 0.6) is 0 Å². The lowest BCUT2D eigenvalue weighted by atomic mass is 10.0. The highest BCUT2D eigenvalue weighted by molar-refractivity contribution is 7.15. The maximum atomic E-state index is 11.8. The molecule has 1 aromatic heterocycles. The molecule has 0 aliphatic rings. The zero-order valence-corrected chi connectivity index (χ0v) is 13.0. The number of anilines is 1. The Labute approximate surface area is 127 Å². The largest absolute Gasteiger partial charge is 0.478 e. The van der Waals surface area contributed by atoms with Crippen LogP contribution in [0.4, 0.5) is 5.00 Å². The number of nitrogens with one attached hydrogen (secondary N) is 1. The Morgan fingerprint density at radius 1 is 1.19 bits per heavy atom. The number of carbonyl (C=O) groups is 2. The van der Waals surface area contributed by atoms with Gasteiger partial charge in [0.1, 0.15) is 10.6 Å². The summed E-state index contributed by atoms with van der Waals surface area (Å²) in [6, 6.07) is 7.64. The average molecular weight is 303 g/mol. The average Bonchev–Trinajstić information content (AvgIpc) is 2.83. The van der Waals surface area contributed by atoms with Gasteiger partial charge in [0.15, 0.2) is 0 Å². The van der Waals surface area contributed by atoms with E-state index in [9.17, 15) is 14.7 Å². The first kappa shape index (κ1) is 15.3. The summed E-state index contributed by atoms with van der Waals surface area (Å²) in [5.74, 6) is -1.42. The Morgan fingerprint density at radius 3 is 2.33 bits per heavy atom. The first-order valence-electron chi connectivity index (χ1n) is 6.63. The molecule has 2 rings (SSSR count). The van der Waals surface area contributed by atoms with Gasteiger partial charge in [-0.05, 0) is 12.5 Å². The van der Waals surface area contributed by atoms with Gasteiger partial charge in [-0.3, -0.25) is 4.79 Å². The van der Waals surface area contributed by atoms with Crippen molar-refractivity contribution in [3.63, 3.8) is 0 Å². The van der Waals surface area contributed by atoms with Crippen LogP contribution in [0.3, 0.4) is 0 Å². The zero-order chi connectivity index (χ0) is 15.6. The Balaban J connectivity index is 2.44. The Kier molecular flexibility index (Phi) is 4.43. The number of hydrogen-bond acceptors (Lipinski definition) is 3. The van der Waals surface area contributed by atoms with Crippen molar-refractivity contribution in [3.8, 4) is 11.1 Å². The van der Waals surface area contributed by atoms with Gasteiger partial charge in [-0.2, -0.15) is 0 Å². The lowest BCUT2D eigenvalue weighted by Gasteiger charge is -2.08. The fraction of sp³-hybridized carbons (Fsp3) is 0.250. The fourth-order valence-corrected chi connectivity index (χ4v) is 2.83. The third-order valence-corrected chi connectivity index (χ3v) is 4.02. The van der Waals surface area contributed by atoms with Crippen LogP contribution >= 0.6 is 11.3 Å². The Morgan fingerprint density at radius 2 is 1.81 bits per heavy atom. The summed E-state index contributed by atoms with van der Waals surface area (Å²) in [5.41, 5.74) is 2.72. The second-order valence-corrected chi connectivity index (χ2v) is 6.05. The highest BCUT2D eigenvalue weighted by Crippen LogP contribution is 2.35. The maximum absolute atomic E-state index is 11.8. The van der Waals surface area contributed by atoms with Crippen LogP contribution in [0.25, 0.3) is 11.1 Å². The Hall–Kier alpha value is -2.14. The standard InChI is InChI=1S/C16H17NO3S/c1-9(2)14(18)17-15-13(16(19)20)12(8-21-15)11-6-4-10(3)5-7-11/h4-9H,1-3H3,(H,17,18)(H,19,20). The maximum Gasteiger partial charge on any atom is 0.339 e. The second kappa shape index (κ2) is 6.10. The minimum atomic E-state index is -1.04. The normalized spacial score (nSPS) is 10.7. The van der Waals surface area contributed by atoms with E-state index in [1.165, 1.54) is 11.3 Å². The molecule has 5 heteroatoms. The van der Waals surface area contributed by atoms with Crippen LogP contribution in [-0.2, 0) is 4.79 Å². The Bertz CT molecular complexity index is 671. The van der Waals surface area contributed by atoms with Gasteiger partial charge in [0.2, 0.25) is 5.91 Å². The van der Waals surface area contributed by atoms with E-state index in [0.29, 0.717) is 10.6 Å². The lowest BCUT2D eigenvalue weighted by Crippen LogP contribution is -2.18. The van der Waals surface area contributed by atoms with Gasteiger partial charge in [0.25, 0.3) is 0 Å². The van der Waals surface area contributed by atoms with Gasteiger partial charge < -0.3 is 10.4 Å². The van der Waals surface area contributed by atoms with Crippen molar-refractivity contribution >= 4 is 28.2 Å². The van der Waals surface area contributed by atoms with Crippen LogP contribution in [-0.4, -0.2) is 17.0 Å². The monoisotopic (exact) mass is 303 g/mol. The number of thiophene rings is 1. The van der Waals surface area contributed by atoms with Gasteiger partial charge in [-0.1, -0.05) is 43.7 Å². The van der Waals surface area contributed by atoms with Gasteiger partial charge in [-0.15, -0.1) is 11.3 Å². The molecule has 1 aromatic carbocycles. The molecule has 0 radical (unpaired) electrons. The van der Waals surface area contributed by atoms with E-state index in [1.807, 2.05) is 31.2 Å². The summed E-state index contributed by atoms with van der Waals surface area (Å²) in [5, 5.41) is 14.3. The quantitative estimate of drug-likeness (QED) is 0.896. The number of carboxylic acids is 1. The summed E-state index contributed by atoms with van der Waals surface area (Å²) < 4.78 is 0. The van der Waals surface area contributed by atoms with Crippen LogP contribution < -0.4 is 5.32 Å². The van der Waals surface area contributed by atoms with Crippen LogP contribution in [0.15, 0.2) is 29.6 Å². The molecule has 0 bridgehead atoms. The number of rotatable bonds is 4. The molecule has 0 aliphatic heterocycles. The number of aromatic carboxylic acids is 1. The molecular formula is C16H17NO3S.